The Bertz CT molecular complexity index is 458. The monoisotopic (exact) mass is 249 g/mol. The minimum Gasteiger partial charge on any atom is -0.319 e. The highest BCUT2D eigenvalue weighted by atomic mass is 16.1. The Morgan fingerprint density at radius 1 is 1.39 bits per heavy atom. The summed E-state index contributed by atoms with van der Waals surface area (Å²) in [7, 11) is 0. The molecule has 0 radical (unpaired) electrons. The summed E-state index contributed by atoms with van der Waals surface area (Å²) in [6.07, 6.45) is 6.13. The van der Waals surface area contributed by atoms with Gasteiger partial charge in [0.25, 0.3) is 5.56 Å². The smallest absolute Gasteiger partial charge is 0.251 e. The Morgan fingerprint density at radius 3 is 2.67 bits per heavy atom. The number of aromatic nitrogens is 2. The zero-order chi connectivity index (χ0) is 13.2. The molecule has 4 heteroatoms. The van der Waals surface area contributed by atoms with Crippen molar-refractivity contribution in [2.24, 2.45) is 11.7 Å². The number of aromatic amines is 1. The summed E-state index contributed by atoms with van der Waals surface area (Å²) in [4.78, 5) is 19.2. The molecule has 1 heterocycles. The SMILES string of the molecule is CC(C)Cc1cc(=O)[nH]c(C2(N)CCCCC2)n1. The van der Waals surface area contributed by atoms with Crippen LogP contribution in [0.5, 0.6) is 0 Å². The predicted octanol–water partition coefficient (Wildman–Crippen LogP) is 2.09. The second-order valence-corrected chi connectivity index (χ2v) is 5.90. The molecular weight excluding hydrogens is 226 g/mol. The van der Waals surface area contributed by atoms with Crippen LogP contribution in [0.3, 0.4) is 0 Å². The van der Waals surface area contributed by atoms with Gasteiger partial charge in [-0.15, -0.1) is 0 Å². The number of hydrogen-bond donors (Lipinski definition) is 2. The van der Waals surface area contributed by atoms with Gasteiger partial charge in [0.1, 0.15) is 5.82 Å². The highest BCUT2D eigenvalue weighted by Crippen LogP contribution is 2.32. The van der Waals surface area contributed by atoms with Gasteiger partial charge in [0.15, 0.2) is 0 Å². The number of H-pyrrole nitrogens is 1. The maximum absolute atomic E-state index is 11.7. The van der Waals surface area contributed by atoms with E-state index in [-0.39, 0.29) is 5.56 Å². The lowest BCUT2D eigenvalue weighted by Gasteiger charge is -2.32. The van der Waals surface area contributed by atoms with Crippen LogP contribution < -0.4 is 11.3 Å². The fourth-order valence-corrected chi connectivity index (χ4v) is 2.69. The summed E-state index contributed by atoms with van der Waals surface area (Å²) in [5, 5.41) is 0. The van der Waals surface area contributed by atoms with Gasteiger partial charge < -0.3 is 10.7 Å². The molecule has 0 saturated heterocycles. The normalized spacial score (nSPS) is 19.1. The molecule has 0 bridgehead atoms. The molecule has 18 heavy (non-hydrogen) atoms. The van der Waals surface area contributed by atoms with E-state index in [9.17, 15) is 4.79 Å². The lowest BCUT2D eigenvalue weighted by Crippen LogP contribution is -2.41. The third-order valence-corrected chi connectivity index (χ3v) is 3.63. The molecule has 1 aliphatic rings. The van der Waals surface area contributed by atoms with E-state index in [0.29, 0.717) is 11.7 Å². The predicted molar refractivity (Wildman–Crippen MR) is 72.4 cm³/mol. The van der Waals surface area contributed by atoms with Crippen molar-refractivity contribution in [3.8, 4) is 0 Å². The molecular formula is C14H23N3O. The minimum absolute atomic E-state index is 0.0777. The molecule has 1 fully saturated rings. The van der Waals surface area contributed by atoms with Crippen LogP contribution in [0, 0.1) is 5.92 Å². The summed E-state index contributed by atoms with van der Waals surface area (Å²) in [5.41, 5.74) is 6.77. The van der Waals surface area contributed by atoms with Crippen LogP contribution in [0.15, 0.2) is 10.9 Å². The Labute approximate surface area is 108 Å². The van der Waals surface area contributed by atoms with Crippen molar-refractivity contribution in [3.05, 3.63) is 27.9 Å². The Morgan fingerprint density at radius 2 is 2.06 bits per heavy atom. The molecule has 1 aliphatic carbocycles. The molecule has 0 atom stereocenters. The summed E-state index contributed by atoms with van der Waals surface area (Å²) in [6.45, 7) is 4.25. The van der Waals surface area contributed by atoms with Crippen LogP contribution in [-0.4, -0.2) is 9.97 Å². The van der Waals surface area contributed by atoms with Gasteiger partial charge in [0.2, 0.25) is 0 Å². The van der Waals surface area contributed by atoms with E-state index in [2.05, 4.69) is 23.8 Å². The zero-order valence-corrected chi connectivity index (χ0v) is 11.3. The summed E-state index contributed by atoms with van der Waals surface area (Å²) >= 11 is 0. The van der Waals surface area contributed by atoms with Gasteiger partial charge >= 0.3 is 0 Å². The van der Waals surface area contributed by atoms with E-state index in [1.54, 1.807) is 6.07 Å². The zero-order valence-electron chi connectivity index (χ0n) is 11.3. The van der Waals surface area contributed by atoms with Crippen molar-refractivity contribution >= 4 is 0 Å². The van der Waals surface area contributed by atoms with E-state index < -0.39 is 5.54 Å². The Balaban J connectivity index is 2.32. The fourth-order valence-electron chi connectivity index (χ4n) is 2.69. The average Bonchev–Trinajstić information content (AvgIpc) is 2.28. The summed E-state index contributed by atoms with van der Waals surface area (Å²) in [6, 6.07) is 1.59. The fraction of sp³-hybridized carbons (Fsp3) is 0.714. The van der Waals surface area contributed by atoms with E-state index in [0.717, 1.165) is 37.8 Å². The van der Waals surface area contributed by atoms with Gasteiger partial charge in [-0.25, -0.2) is 4.98 Å². The quantitative estimate of drug-likeness (QED) is 0.861. The highest BCUT2D eigenvalue weighted by molar-refractivity contribution is 5.11. The molecule has 1 aromatic rings. The van der Waals surface area contributed by atoms with Crippen LogP contribution in [0.25, 0.3) is 0 Å². The molecule has 1 aromatic heterocycles. The number of nitrogens with one attached hydrogen (secondary N) is 1. The molecule has 0 aliphatic heterocycles. The van der Waals surface area contributed by atoms with Crippen LogP contribution >= 0.6 is 0 Å². The van der Waals surface area contributed by atoms with E-state index in [1.807, 2.05) is 0 Å². The molecule has 0 amide bonds. The molecule has 2 rings (SSSR count). The number of nitrogens with two attached hydrogens (primary N) is 1. The molecule has 100 valence electrons. The summed E-state index contributed by atoms with van der Waals surface area (Å²) < 4.78 is 0. The van der Waals surface area contributed by atoms with Crippen LogP contribution in [0.1, 0.15) is 57.5 Å². The van der Waals surface area contributed by atoms with E-state index >= 15 is 0 Å². The number of rotatable bonds is 3. The van der Waals surface area contributed by atoms with Crippen molar-refractivity contribution in [1.29, 1.82) is 0 Å². The van der Waals surface area contributed by atoms with Crippen molar-refractivity contribution in [1.82, 2.24) is 9.97 Å². The van der Waals surface area contributed by atoms with Gasteiger partial charge in [-0.05, 0) is 25.2 Å². The van der Waals surface area contributed by atoms with E-state index in [4.69, 9.17) is 5.73 Å². The first-order chi connectivity index (χ1) is 8.49. The van der Waals surface area contributed by atoms with Gasteiger partial charge in [-0.1, -0.05) is 33.1 Å². The average molecular weight is 249 g/mol. The Hall–Kier alpha value is -1.16. The van der Waals surface area contributed by atoms with Gasteiger partial charge in [0.05, 0.1) is 5.54 Å². The first kappa shape index (κ1) is 13.3. The summed E-state index contributed by atoms with van der Waals surface area (Å²) in [5.74, 6) is 1.18. The van der Waals surface area contributed by atoms with Gasteiger partial charge in [-0.2, -0.15) is 0 Å². The third kappa shape index (κ3) is 2.99. The largest absolute Gasteiger partial charge is 0.319 e. The van der Waals surface area contributed by atoms with Crippen molar-refractivity contribution < 1.29 is 0 Å². The minimum atomic E-state index is -0.426. The molecule has 4 nitrogen and oxygen atoms in total. The number of hydrogen-bond acceptors (Lipinski definition) is 3. The van der Waals surface area contributed by atoms with Crippen molar-refractivity contribution in [2.45, 2.75) is 57.9 Å². The lowest BCUT2D eigenvalue weighted by atomic mass is 9.82. The lowest BCUT2D eigenvalue weighted by molar-refractivity contribution is 0.285. The van der Waals surface area contributed by atoms with Crippen LogP contribution in [0.4, 0.5) is 0 Å². The maximum atomic E-state index is 11.7. The Kier molecular flexibility index (Phi) is 3.85. The molecule has 1 saturated carbocycles. The molecule has 3 N–H and O–H groups in total. The second-order valence-electron chi connectivity index (χ2n) is 5.90. The van der Waals surface area contributed by atoms with Crippen LogP contribution in [0.2, 0.25) is 0 Å². The maximum Gasteiger partial charge on any atom is 0.251 e. The topological polar surface area (TPSA) is 71.8 Å². The standard InChI is InChI=1S/C14H23N3O/c1-10(2)8-11-9-12(18)17-13(16-11)14(15)6-4-3-5-7-14/h9-10H,3-8,15H2,1-2H3,(H,16,17,18). The first-order valence-corrected chi connectivity index (χ1v) is 6.89. The van der Waals surface area contributed by atoms with Crippen molar-refractivity contribution in [2.75, 3.05) is 0 Å². The van der Waals surface area contributed by atoms with Gasteiger partial charge in [-0.3, -0.25) is 4.79 Å². The highest BCUT2D eigenvalue weighted by Gasteiger charge is 2.32. The van der Waals surface area contributed by atoms with Gasteiger partial charge in [0, 0.05) is 11.8 Å². The molecule has 0 aromatic carbocycles. The molecule has 0 unspecified atom stereocenters. The number of nitrogens with zero attached hydrogens (tertiary/aromatic N) is 1. The van der Waals surface area contributed by atoms with E-state index in [1.165, 1.54) is 6.42 Å². The third-order valence-electron chi connectivity index (χ3n) is 3.63. The molecule has 0 spiro atoms. The van der Waals surface area contributed by atoms with Crippen LogP contribution in [-0.2, 0) is 12.0 Å². The van der Waals surface area contributed by atoms with Crippen molar-refractivity contribution in [3.63, 3.8) is 0 Å². The first-order valence-electron chi connectivity index (χ1n) is 6.89. The second kappa shape index (κ2) is 5.22.